The number of amides is 2. The Balaban J connectivity index is 1.99. The van der Waals surface area contributed by atoms with Crippen molar-refractivity contribution in [2.75, 3.05) is 32.9 Å². The van der Waals surface area contributed by atoms with Crippen LogP contribution in [0, 0.1) is 0 Å². The number of allylic oxidation sites excluding steroid dienone is 1. The molecule has 25 heavy (non-hydrogen) atoms. The average molecular weight is 366 g/mol. The van der Waals surface area contributed by atoms with Gasteiger partial charge in [0, 0.05) is 13.1 Å². The molecule has 1 aliphatic carbocycles. The van der Waals surface area contributed by atoms with Crippen LogP contribution in [0.25, 0.3) is 0 Å². The summed E-state index contributed by atoms with van der Waals surface area (Å²) in [6.45, 7) is -0.00595. The summed E-state index contributed by atoms with van der Waals surface area (Å²) in [6.07, 6.45) is 4.50. The zero-order valence-electron chi connectivity index (χ0n) is 14.1. The maximum atomic E-state index is 11.9. The maximum absolute atomic E-state index is 11.9. The summed E-state index contributed by atoms with van der Waals surface area (Å²) in [4.78, 5) is 22.1. The molecule has 0 saturated carbocycles. The fraction of sp³-hybridized carbons (Fsp3) is 0.750. The largest absolute Gasteiger partial charge is 0.471 e. The third-order valence-corrected chi connectivity index (χ3v) is 3.50. The number of carbonyl (C=O) groups excluding carboxylic acids is 2. The summed E-state index contributed by atoms with van der Waals surface area (Å²) >= 11 is 0. The van der Waals surface area contributed by atoms with Gasteiger partial charge in [0.1, 0.15) is 6.61 Å². The van der Waals surface area contributed by atoms with Crippen LogP contribution in [0.4, 0.5) is 13.2 Å². The second-order valence-electron chi connectivity index (χ2n) is 5.63. The smallest absolute Gasteiger partial charge is 0.378 e. The number of nitrogens with one attached hydrogen (secondary N) is 2. The van der Waals surface area contributed by atoms with Gasteiger partial charge in [-0.1, -0.05) is 25.0 Å². The number of hydrogen-bond acceptors (Lipinski definition) is 4. The normalized spacial score (nSPS) is 19.6. The molecule has 6 nitrogen and oxygen atoms in total. The minimum absolute atomic E-state index is 0.0421. The molecule has 0 fully saturated rings. The first-order valence-corrected chi connectivity index (χ1v) is 8.37. The van der Waals surface area contributed by atoms with E-state index in [-0.39, 0.29) is 44.9 Å². The van der Waals surface area contributed by atoms with Gasteiger partial charge in [-0.2, -0.15) is 13.2 Å². The first kappa shape index (κ1) is 21.4. The highest BCUT2D eigenvalue weighted by Crippen LogP contribution is 2.14. The highest BCUT2D eigenvalue weighted by atomic mass is 19.4. The molecule has 0 aromatic rings. The van der Waals surface area contributed by atoms with Gasteiger partial charge in [0.25, 0.3) is 0 Å². The van der Waals surface area contributed by atoms with E-state index in [2.05, 4.69) is 11.4 Å². The maximum Gasteiger partial charge on any atom is 0.471 e. The van der Waals surface area contributed by atoms with Crippen molar-refractivity contribution in [3.63, 3.8) is 0 Å². The molecule has 0 heterocycles. The Morgan fingerprint density at radius 2 is 1.80 bits per heavy atom. The van der Waals surface area contributed by atoms with Crippen LogP contribution in [0.5, 0.6) is 0 Å². The molecule has 0 aliphatic heterocycles. The number of alkyl halides is 3. The first-order chi connectivity index (χ1) is 11.9. The third kappa shape index (κ3) is 10.8. The van der Waals surface area contributed by atoms with E-state index in [0.717, 1.165) is 25.7 Å². The molecule has 1 unspecified atom stereocenters. The highest BCUT2D eigenvalue weighted by Gasteiger charge is 2.38. The van der Waals surface area contributed by atoms with Gasteiger partial charge >= 0.3 is 12.1 Å². The highest BCUT2D eigenvalue weighted by molar-refractivity contribution is 5.81. The van der Waals surface area contributed by atoms with Crippen molar-refractivity contribution >= 4 is 11.8 Å². The van der Waals surface area contributed by atoms with Crippen molar-refractivity contribution in [3.05, 3.63) is 12.2 Å². The average Bonchev–Trinajstić information content (AvgIpc) is 2.51. The van der Waals surface area contributed by atoms with Crippen LogP contribution in [0.2, 0.25) is 0 Å². The van der Waals surface area contributed by atoms with Crippen molar-refractivity contribution in [1.82, 2.24) is 10.6 Å². The second kappa shape index (κ2) is 11.9. The monoisotopic (exact) mass is 366 g/mol. The van der Waals surface area contributed by atoms with Gasteiger partial charge < -0.3 is 20.1 Å². The lowest BCUT2D eigenvalue weighted by molar-refractivity contribution is -0.173. The zero-order chi connectivity index (χ0) is 18.5. The molecular formula is C16H25F3N2O4. The first-order valence-electron chi connectivity index (χ1n) is 8.37. The quantitative estimate of drug-likeness (QED) is 0.481. The molecule has 0 bridgehead atoms. The standard InChI is InChI=1S/C16H25F3N2O4/c17-16(18,19)15(23)21-9-11-24-10-8-20-14(22)12-25-13-6-4-2-1-3-5-7-13/h4,6,13H,1-3,5,7-12H2,(H,20,22)(H,21,23)/b6-4-. The summed E-state index contributed by atoms with van der Waals surface area (Å²) in [7, 11) is 0. The Morgan fingerprint density at radius 1 is 1.08 bits per heavy atom. The summed E-state index contributed by atoms with van der Waals surface area (Å²) < 4.78 is 46.3. The lowest BCUT2D eigenvalue weighted by atomic mass is 10.0. The van der Waals surface area contributed by atoms with E-state index >= 15 is 0 Å². The van der Waals surface area contributed by atoms with Crippen molar-refractivity contribution in [2.24, 2.45) is 0 Å². The van der Waals surface area contributed by atoms with E-state index in [1.807, 2.05) is 6.08 Å². The van der Waals surface area contributed by atoms with E-state index in [9.17, 15) is 22.8 Å². The summed E-state index contributed by atoms with van der Waals surface area (Å²) in [6, 6.07) is 0. The molecule has 1 aliphatic rings. The van der Waals surface area contributed by atoms with Crippen LogP contribution >= 0.6 is 0 Å². The molecule has 1 atom stereocenters. The molecular weight excluding hydrogens is 341 g/mol. The Bertz CT molecular complexity index is 442. The second-order valence-corrected chi connectivity index (χ2v) is 5.63. The van der Waals surface area contributed by atoms with E-state index in [4.69, 9.17) is 9.47 Å². The minimum Gasteiger partial charge on any atom is -0.378 e. The van der Waals surface area contributed by atoms with Crippen LogP contribution in [-0.4, -0.2) is 57.0 Å². The van der Waals surface area contributed by atoms with Crippen molar-refractivity contribution in [2.45, 2.75) is 44.4 Å². The van der Waals surface area contributed by atoms with Crippen molar-refractivity contribution in [1.29, 1.82) is 0 Å². The third-order valence-electron chi connectivity index (χ3n) is 3.50. The molecule has 0 aromatic heterocycles. The molecule has 0 saturated heterocycles. The van der Waals surface area contributed by atoms with Gasteiger partial charge in [-0.3, -0.25) is 9.59 Å². The zero-order valence-corrected chi connectivity index (χ0v) is 14.1. The molecule has 2 N–H and O–H groups in total. The van der Waals surface area contributed by atoms with Crippen LogP contribution in [-0.2, 0) is 19.1 Å². The summed E-state index contributed by atoms with van der Waals surface area (Å²) in [5.74, 6) is -2.27. The lowest BCUT2D eigenvalue weighted by Crippen LogP contribution is -2.38. The molecule has 0 spiro atoms. The van der Waals surface area contributed by atoms with Crippen LogP contribution in [0.1, 0.15) is 32.1 Å². The molecule has 1 rings (SSSR count). The van der Waals surface area contributed by atoms with Gasteiger partial charge in [-0.05, 0) is 19.3 Å². The van der Waals surface area contributed by atoms with E-state index in [0.29, 0.717) is 0 Å². The SMILES string of the molecule is O=C(COC1/C=C\CCCCC1)NCCOCCNC(=O)C(F)(F)F. The Hall–Kier alpha value is -1.61. The Labute approximate surface area is 145 Å². The summed E-state index contributed by atoms with van der Waals surface area (Å²) in [5, 5.41) is 4.28. The van der Waals surface area contributed by atoms with Gasteiger partial charge in [-0.15, -0.1) is 0 Å². The topological polar surface area (TPSA) is 76.7 Å². The fourth-order valence-corrected chi connectivity index (χ4v) is 2.20. The molecule has 144 valence electrons. The number of halogens is 3. The van der Waals surface area contributed by atoms with E-state index in [1.54, 1.807) is 5.32 Å². The predicted octanol–water partition coefficient (Wildman–Crippen LogP) is 1.70. The lowest BCUT2D eigenvalue weighted by Gasteiger charge is -2.16. The Morgan fingerprint density at radius 3 is 2.52 bits per heavy atom. The number of carbonyl (C=O) groups is 2. The predicted molar refractivity (Wildman–Crippen MR) is 84.9 cm³/mol. The van der Waals surface area contributed by atoms with Gasteiger partial charge in [-0.25, -0.2) is 0 Å². The van der Waals surface area contributed by atoms with Crippen LogP contribution in [0.15, 0.2) is 12.2 Å². The molecule has 0 radical (unpaired) electrons. The van der Waals surface area contributed by atoms with E-state index in [1.165, 1.54) is 6.42 Å². The summed E-state index contributed by atoms with van der Waals surface area (Å²) in [5.41, 5.74) is 0. The number of hydrogen-bond donors (Lipinski definition) is 2. The number of rotatable bonds is 9. The molecule has 2 amide bonds. The van der Waals surface area contributed by atoms with Gasteiger partial charge in [0.15, 0.2) is 0 Å². The van der Waals surface area contributed by atoms with Crippen molar-refractivity contribution < 1.29 is 32.2 Å². The number of ether oxygens (including phenoxy) is 2. The van der Waals surface area contributed by atoms with Crippen molar-refractivity contribution in [3.8, 4) is 0 Å². The fourth-order valence-electron chi connectivity index (χ4n) is 2.20. The minimum atomic E-state index is -4.89. The van der Waals surface area contributed by atoms with Crippen LogP contribution < -0.4 is 10.6 Å². The molecule has 0 aromatic carbocycles. The Kier molecular flexibility index (Phi) is 10.2. The van der Waals surface area contributed by atoms with Crippen LogP contribution in [0.3, 0.4) is 0 Å². The van der Waals surface area contributed by atoms with E-state index < -0.39 is 12.1 Å². The molecule has 9 heteroatoms. The van der Waals surface area contributed by atoms with Gasteiger partial charge in [0.05, 0.1) is 19.3 Å². The van der Waals surface area contributed by atoms with Gasteiger partial charge in [0.2, 0.25) is 5.91 Å².